The van der Waals surface area contributed by atoms with Gasteiger partial charge >= 0.3 is 0 Å². The number of hydrogen-bond donors (Lipinski definition) is 2. The highest BCUT2D eigenvalue weighted by atomic mass is 16.5. The van der Waals surface area contributed by atoms with Crippen molar-refractivity contribution in [2.75, 3.05) is 44.3 Å². The minimum absolute atomic E-state index is 0.0507. The quantitative estimate of drug-likeness (QED) is 0.363. The Bertz CT molecular complexity index is 1040. The molecule has 11 heteroatoms. The van der Waals surface area contributed by atoms with Crippen molar-refractivity contribution in [3.05, 3.63) is 46.1 Å². The lowest BCUT2D eigenvalue weighted by molar-refractivity contribution is -0.126. The maximum Gasteiger partial charge on any atom is 0.290 e. The predicted molar refractivity (Wildman–Crippen MR) is 122 cm³/mol. The highest BCUT2D eigenvalue weighted by Gasteiger charge is 2.24. The number of aromatic amines is 1. The van der Waals surface area contributed by atoms with Gasteiger partial charge in [0.15, 0.2) is 0 Å². The summed E-state index contributed by atoms with van der Waals surface area (Å²) >= 11 is 0. The molecule has 1 fully saturated rings. The first-order valence-corrected chi connectivity index (χ1v) is 11.0. The van der Waals surface area contributed by atoms with E-state index >= 15 is 0 Å². The molecule has 0 aromatic carbocycles. The zero-order chi connectivity index (χ0) is 23.8. The average molecular weight is 459 g/mol. The van der Waals surface area contributed by atoms with E-state index in [1.165, 1.54) is 24.0 Å². The molecule has 1 aromatic rings. The number of aliphatic hydroxyl groups is 1. The summed E-state index contributed by atoms with van der Waals surface area (Å²) < 4.78 is 6.60. The van der Waals surface area contributed by atoms with Gasteiger partial charge in [0.1, 0.15) is 24.1 Å². The van der Waals surface area contributed by atoms with E-state index in [4.69, 9.17) is 4.74 Å². The number of anilines is 1. The van der Waals surface area contributed by atoms with Gasteiger partial charge in [0.2, 0.25) is 5.91 Å². The van der Waals surface area contributed by atoms with Crippen LogP contribution >= 0.6 is 0 Å². The summed E-state index contributed by atoms with van der Waals surface area (Å²) in [6, 6.07) is 0. The van der Waals surface area contributed by atoms with Gasteiger partial charge < -0.3 is 24.4 Å². The van der Waals surface area contributed by atoms with Gasteiger partial charge in [-0.1, -0.05) is 13.0 Å². The van der Waals surface area contributed by atoms with Crippen molar-refractivity contribution in [3.8, 4) is 0 Å². The van der Waals surface area contributed by atoms with Crippen LogP contribution in [-0.2, 0) is 27.3 Å². The number of aliphatic hydroxyl groups excluding tert-OH is 1. The molecule has 1 amide bonds. The van der Waals surface area contributed by atoms with Crippen molar-refractivity contribution in [3.63, 3.8) is 0 Å². The molecule has 33 heavy (non-hydrogen) atoms. The monoisotopic (exact) mass is 458 g/mol. The molecular weight excluding hydrogens is 428 g/mol. The smallest absolute Gasteiger partial charge is 0.290 e. The fraction of sp³-hybridized carbons (Fsp3) is 0.500. The third-order valence-corrected chi connectivity index (χ3v) is 5.46. The van der Waals surface area contributed by atoms with Gasteiger partial charge in [-0.25, -0.2) is 14.6 Å². The molecule has 1 aromatic heterocycles. The Morgan fingerprint density at radius 1 is 1.27 bits per heavy atom. The first-order valence-electron chi connectivity index (χ1n) is 11.0. The van der Waals surface area contributed by atoms with Gasteiger partial charge in [0.25, 0.3) is 5.56 Å². The van der Waals surface area contributed by atoms with Crippen LogP contribution in [0.15, 0.2) is 29.0 Å². The SMILES string of the molecule is CCc1ncnc(C2=CCOCC2)[nH]n(CC=O)c(=O)c1N1CCN(C(=O)/C=C(/C)O)CC1. The van der Waals surface area contributed by atoms with Crippen LogP contribution in [0.2, 0.25) is 0 Å². The number of rotatable bonds is 6. The molecule has 0 saturated carbocycles. The van der Waals surface area contributed by atoms with Gasteiger partial charge in [-0.3, -0.25) is 14.7 Å². The molecule has 1 saturated heterocycles. The van der Waals surface area contributed by atoms with Gasteiger partial charge in [-0.15, -0.1) is 0 Å². The van der Waals surface area contributed by atoms with Crippen LogP contribution in [0.5, 0.6) is 0 Å². The maximum atomic E-state index is 13.6. The van der Waals surface area contributed by atoms with Crippen LogP contribution in [0.1, 0.15) is 31.8 Å². The summed E-state index contributed by atoms with van der Waals surface area (Å²) in [7, 11) is 0. The van der Waals surface area contributed by atoms with Crippen molar-refractivity contribution in [1.82, 2.24) is 24.6 Å². The van der Waals surface area contributed by atoms with Gasteiger partial charge in [0, 0.05) is 32.3 Å². The molecule has 0 atom stereocenters. The van der Waals surface area contributed by atoms with Crippen LogP contribution in [0, 0.1) is 0 Å². The topological polar surface area (TPSA) is 134 Å². The van der Waals surface area contributed by atoms with Crippen LogP contribution in [0.3, 0.4) is 0 Å². The van der Waals surface area contributed by atoms with E-state index in [2.05, 4.69) is 15.1 Å². The summed E-state index contributed by atoms with van der Waals surface area (Å²) in [6.07, 6.45) is 6.26. The zero-order valence-electron chi connectivity index (χ0n) is 19.0. The van der Waals surface area contributed by atoms with Crippen molar-refractivity contribution in [2.24, 2.45) is 0 Å². The molecular formula is C22H30N6O5. The molecule has 178 valence electrons. The Labute approximate surface area is 191 Å². The first kappa shape index (κ1) is 24.2. The van der Waals surface area contributed by atoms with Gasteiger partial charge in [-0.2, -0.15) is 0 Å². The second kappa shape index (κ2) is 11.4. The fourth-order valence-corrected chi connectivity index (χ4v) is 3.77. The van der Waals surface area contributed by atoms with Gasteiger partial charge in [-0.05, 0) is 25.3 Å². The number of hydrogen-bond acceptors (Lipinski definition) is 8. The predicted octanol–water partition coefficient (Wildman–Crippen LogP) is 0.766. The number of aromatic nitrogens is 4. The van der Waals surface area contributed by atoms with E-state index in [-0.39, 0.29) is 23.8 Å². The molecule has 0 bridgehead atoms. The number of piperazine rings is 1. The number of nitrogens with zero attached hydrogens (tertiary/aromatic N) is 5. The molecule has 0 spiro atoms. The lowest BCUT2D eigenvalue weighted by Gasteiger charge is -2.35. The minimum Gasteiger partial charge on any atom is -0.512 e. The van der Waals surface area contributed by atoms with E-state index in [1.807, 2.05) is 17.9 Å². The Morgan fingerprint density at radius 3 is 2.64 bits per heavy atom. The number of H-pyrrole nitrogens is 1. The molecule has 0 unspecified atom stereocenters. The zero-order valence-corrected chi connectivity index (χ0v) is 19.0. The first-order chi connectivity index (χ1) is 15.9. The van der Waals surface area contributed by atoms with Crippen molar-refractivity contribution < 1.29 is 19.4 Å². The van der Waals surface area contributed by atoms with Crippen molar-refractivity contribution in [2.45, 2.75) is 33.2 Å². The third kappa shape index (κ3) is 6.07. The average Bonchev–Trinajstić information content (AvgIpc) is 2.88. The molecule has 3 rings (SSSR count). The second-order valence-electron chi connectivity index (χ2n) is 7.72. The summed E-state index contributed by atoms with van der Waals surface area (Å²) in [6.45, 7) is 5.77. The van der Waals surface area contributed by atoms with Crippen LogP contribution in [0.25, 0.3) is 5.57 Å². The van der Waals surface area contributed by atoms with E-state index in [0.29, 0.717) is 75.7 Å². The number of ether oxygens (including phenoxy) is 1. The van der Waals surface area contributed by atoms with E-state index < -0.39 is 0 Å². The Kier molecular flexibility index (Phi) is 8.36. The Morgan fingerprint density at radius 2 is 2.03 bits per heavy atom. The van der Waals surface area contributed by atoms with Crippen LogP contribution in [0.4, 0.5) is 5.69 Å². The summed E-state index contributed by atoms with van der Waals surface area (Å²) in [5.74, 6) is 0.130. The van der Waals surface area contributed by atoms with E-state index in [9.17, 15) is 19.5 Å². The molecule has 3 heterocycles. The lowest BCUT2D eigenvalue weighted by Crippen LogP contribution is -2.50. The summed E-state index contributed by atoms with van der Waals surface area (Å²) in [5.41, 5.74) is 1.43. The number of carbonyl (C=O) groups excluding carboxylic acids is 2. The molecule has 2 N–H and O–H groups in total. The number of aldehydes is 1. The Hall–Kier alpha value is -3.47. The normalized spacial score (nSPS) is 16.8. The van der Waals surface area contributed by atoms with Gasteiger partial charge in [0.05, 0.1) is 31.2 Å². The largest absolute Gasteiger partial charge is 0.512 e. The standard InChI is InChI=1S/C22H30N6O5/c1-3-18-20(27-8-6-26(7-9-27)19(31)14-16(2)30)22(32)28(10-11-29)25-21(24-15-23-18)17-4-12-33-13-5-17/h4,11,14-15,30H,3,5-10,12-13H2,1-2H3,(H,23,24,25)/b16-14-,20-18?. The van der Waals surface area contributed by atoms with Crippen LogP contribution < -0.4 is 10.5 Å². The highest BCUT2D eigenvalue weighted by molar-refractivity contribution is 5.88. The number of allylic oxidation sites excluding steroid dienone is 1. The molecule has 2 aliphatic heterocycles. The molecule has 0 aliphatic carbocycles. The third-order valence-electron chi connectivity index (χ3n) is 5.46. The van der Waals surface area contributed by atoms with Crippen LogP contribution in [-0.4, -0.2) is 81.3 Å². The van der Waals surface area contributed by atoms with E-state index in [0.717, 1.165) is 5.57 Å². The summed E-state index contributed by atoms with van der Waals surface area (Å²) in [5, 5.41) is 12.4. The number of nitrogens with one attached hydrogen (secondary N) is 1. The molecule has 2 aliphatic rings. The van der Waals surface area contributed by atoms with Crippen molar-refractivity contribution >= 4 is 23.5 Å². The van der Waals surface area contributed by atoms with Crippen molar-refractivity contribution in [1.29, 1.82) is 0 Å². The number of amides is 1. The highest BCUT2D eigenvalue weighted by Crippen LogP contribution is 2.18. The van der Waals surface area contributed by atoms with E-state index in [1.54, 1.807) is 4.90 Å². The number of carbonyl (C=O) groups is 2. The number of aryl methyl sites for hydroxylation is 1. The minimum atomic E-state index is -0.385. The maximum absolute atomic E-state index is 13.6. The lowest BCUT2D eigenvalue weighted by atomic mass is 10.1. The fourth-order valence-electron chi connectivity index (χ4n) is 3.77. The molecule has 0 radical (unpaired) electrons. The summed E-state index contributed by atoms with van der Waals surface area (Å²) in [4.78, 5) is 49.6. The Balaban J connectivity index is 2.04. The molecule has 11 nitrogen and oxygen atoms in total. The second-order valence-corrected chi connectivity index (χ2v) is 7.72.